The molecule has 0 unspecified atom stereocenters. The van der Waals surface area contributed by atoms with Crippen LogP contribution >= 0.6 is 0 Å². The first kappa shape index (κ1) is 11.8. The van der Waals surface area contributed by atoms with E-state index in [1.165, 1.54) is 18.2 Å². The second kappa shape index (κ2) is 4.70. The summed E-state index contributed by atoms with van der Waals surface area (Å²) in [6, 6.07) is 6.28. The van der Waals surface area contributed by atoms with Crippen molar-refractivity contribution in [3.8, 4) is 0 Å². The van der Waals surface area contributed by atoms with Gasteiger partial charge in [0.05, 0.1) is 11.3 Å². The number of nitrogen functional groups attached to an aromatic ring is 1. The highest BCUT2D eigenvalue weighted by molar-refractivity contribution is 6.04. The van der Waals surface area contributed by atoms with Crippen LogP contribution in [0.1, 0.15) is 10.4 Å². The molecule has 0 aliphatic rings. The summed E-state index contributed by atoms with van der Waals surface area (Å²) >= 11 is 0. The molecule has 1 heterocycles. The predicted molar refractivity (Wildman–Crippen MR) is 63.7 cm³/mol. The second-order valence-corrected chi connectivity index (χ2v) is 3.53. The van der Waals surface area contributed by atoms with Gasteiger partial charge in [0.2, 0.25) is 0 Å². The highest BCUT2D eigenvalue weighted by atomic mass is 19.1. The van der Waals surface area contributed by atoms with E-state index in [1.807, 2.05) is 0 Å². The molecule has 2 rings (SSSR count). The molecule has 1 amide bonds. The third-order valence-electron chi connectivity index (χ3n) is 2.22. The van der Waals surface area contributed by atoms with Crippen molar-refractivity contribution in [2.24, 2.45) is 0 Å². The van der Waals surface area contributed by atoms with E-state index in [0.29, 0.717) is 5.69 Å². The Hall–Kier alpha value is -2.63. The molecular weight excluding hydrogens is 239 g/mol. The van der Waals surface area contributed by atoms with Crippen LogP contribution < -0.4 is 16.7 Å². The number of amides is 1. The van der Waals surface area contributed by atoms with E-state index < -0.39 is 17.3 Å². The van der Waals surface area contributed by atoms with Gasteiger partial charge in [0.15, 0.2) is 0 Å². The molecule has 1 aromatic carbocycles. The molecule has 2 aromatic rings. The van der Waals surface area contributed by atoms with E-state index in [9.17, 15) is 14.0 Å². The minimum atomic E-state index is -0.557. The summed E-state index contributed by atoms with van der Waals surface area (Å²) in [5.74, 6) is -1.04. The Bertz CT molecular complexity index is 632. The number of carbonyl (C=O) groups excluding carboxylic acids is 1. The van der Waals surface area contributed by atoms with Gasteiger partial charge in [0.25, 0.3) is 5.91 Å². The Kier molecular flexibility index (Phi) is 3.09. The number of carbonyl (C=O) groups is 1. The van der Waals surface area contributed by atoms with Crippen LogP contribution in [0.2, 0.25) is 0 Å². The molecule has 1 aromatic heterocycles. The minimum Gasteiger partial charge on any atom is -0.430 e. The highest BCUT2D eigenvalue weighted by Gasteiger charge is 2.08. The van der Waals surface area contributed by atoms with E-state index in [4.69, 9.17) is 5.73 Å². The average molecular weight is 248 g/mol. The van der Waals surface area contributed by atoms with Crippen molar-refractivity contribution in [2.75, 3.05) is 11.1 Å². The van der Waals surface area contributed by atoms with Crippen LogP contribution in [-0.4, -0.2) is 5.91 Å². The zero-order valence-corrected chi connectivity index (χ0v) is 9.14. The molecule has 5 nitrogen and oxygen atoms in total. The third kappa shape index (κ3) is 2.54. The van der Waals surface area contributed by atoms with Crippen LogP contribution in [0, 0.1) is 5.82 Å². The molecule has 0 saturated heterocycles. The molecule has 6 heteroatoms. The topological polar surface area (TPSA) is 85.3 Å². The number of nitrogens with one attached hydrogen (secondary N) is 1. The minimum absolute atomic E-state index is 0.0626. The predicted octanol–water partition coefficient (Wildman–Crippen LogP) is 1.61. The van der Waals surface area contributed by atoms with Gasteiger partial charge < -0.3 is 15.5 Å². The van der Waals surface area contributed by atoms with Crippen LogP contribution in [-0.2, 0) is 0 Å². The van der Waals surface area contributed by atoms with Gasteiger partial charge in [-0.1, -0.05) is 0 Å². The van der Waals surface area contributed by atoms with Crippen LogP contribution in [0.5, 0.6) is 0 Å². The fourth-order valence-corrected chi connectivity index (χ4v) is 1.31. The first-order valence-corrected chi connectivity index (χ1v) is 5.01. The number of anilines is 2. The Morgan fingerprint density at radius 1 is 1.28 bits per heavy atom. The van der Waals surface area contributed by atoms with Gasteiger partial charge in [-0.2, -0.15) is 0 Å². The van der Waals surface area contributed by atoms with E-state index in [0.717, 1.165) is 18.4 Å². The summed E-state index contributed by atoms with van der Waals surface area (Å²) in [6.45, 7) is 0. The van der Waals surface area contributed by atoms with Gasteiger partial charge in [-0.3, -0.25) is 4.79 Å². The molecule has 0 spiro atoms. The van der Waals surface area contributed by atoms with E-state index in [-0.39, 0.29) is 11.3 Å². The van der Waals surface area contributed by atoms with Gasteiger partial charge >= 0.3 is 5.63 Å². The highest BCUT2D eigenvalue weighted by Crippen LogP contribution is 2.16. The molecule has 0 fully saturated rings. The first-order valence-electron chi connectivity index (χ1n) is 5.01. The number of hydrogen-bond acceptors (Lipinski definition) is 4. The maximum Gasteiger partial charge on any atom is 0.335 e. The molecule has 0 bridgehead atoms. The summed E-state index contributed by atoms with van der Waals surface area (Å²) in [5.41, 5.74) is 5.29. The molecule has 0 aliphatic heterocycles. The molecule has 0 aliphatic carbocycles. The maximum absolute atomic E-state index is 12.9. The maximum atomic E-state index is 12.9. The van der Waals surface area contributed by atoms with Crippen molar-refractivity contribution in [3.05, 3.63) is 58.4 Å². The van der Waals surface area contributed by atoms with Crippen molar-refractivity contribution < 1.29 is 13.6 Å². The summed E-state index contributed by atoms with van der Waals surface area (Å²) in [4.78, 5) is 22.4. The summed E-state index contributed by atoms with van der Waals surface area (Å²) in [7, 11) is 0. The van der Waals surface area contributed by atoms with Crippen LogP contribution in [0.15, 0.2) is 45.8 Å². The Morgan fingerprint density at radius 3 is 2.67 bits per heavy atom. The Balaban J connectivity index is 2.18. The van der Waals surface area contributed by atoms with Crippen LogP contribution in [0.4, 0.5) is 15.8 Å². The van der Waals surface area contributed by atoms with Crippen molar-refractivity contribution in [2.45, 2.75) is 0 Å². The fraction of sp³-hybridized carbons (Fsp3) is 0. The molecule has 0 saturated carbocycles. The average Bonchev–Trinajstić information content (AvgIpc) is 2.34. The molecule has 0 radical (unpaired) electrons. The normalized spacial score (nSPS) is 10.1. The van der Waals surface area contributed by atoms with Crippen molar-refractivity contribution in [1.82, 2.24) is 0 Å². The lowest BCUT2D eigenvalue weighted by atomic mass is 10.2. The summed E-state index contributed by atoms with van der Waals surface area (Å²) in [6.07, 6.45) is 1.05. The van der Waals surface area contributed by atoms with E-state index in [1.54, 1.807) is 0 Å². The lowest BCUT2D eigenvalue weighted by Crippen LogP contribution is -2.13. The number of benzene rings is 1. The van der Waals surface area contributed by atoms with Gasteiger partial charge in [0, 0.05) is 11.8 Å². The van der Waals surface area contributed by atoms with Crippen LogP contribution in [0.3, 0.4) is 0 Å². The van der Waals surface area contributed by atoms with Crippen molar-refractivity contribution in [3.63, 3.8) is 0 Å². The summed E-state index contributed by atoms with van der Waals surface area (Å²) in [5, 5.41) is 2.50. The van der Waals surface area contributed by atoms with E-state index >= 15 is 0 Å². The van der Waals surface area contributed by atoms with Gasteiger partial charge in [-0.25, -0.2) is 9.18 Å². The van der Waals surface area contributed by atoms with Gasteiger partial charge in [-0.15, -0.1) is 0 Å². The summed E-state index contributed by atoms with van der Waals surface area (Å²) < 4.78 is 17.5. The zero-order chi connectivity index (χ0) is 13.1. The largest absolute Gasteiger partial charge is 0.430 e. The fourth-order valence-electron chi connectivity index (χ4n) is 1.31. The number of rotatable bonds is 2. The zero-order valence-electron chi connectivity index (χ0n) is 9.14. The molecule has 0 atom stereocenters. The number of halogens is 1. The SMILES string of the molecule is Nc1cc(NC(=O)c2ccc(=O)oc2)ccc1F. The Labute approximate surface area is 101 Å². The lowest BCUT2D eigenvalue weighted by Gasteiger charge is -2.05. The first-order chi connectivity index (χ1) is 8.56. The van der Waals surface area contributed by atoms with Gasteiger partial charge in [0.1, 0.15) is 12.1 Å². The second-order valence-electron chi connectivity index (χ2n) is 3.53. The third-order valence-corrected chi connectivity index (χ3v) is 2.22. The van der Waals surface area contributed by atoms with Gasteiger partial charge in [-0.05, 0) is 24.3 Å². The molecule has 92 valence electrons. The quantitative estimate of drug-likeness (QED) is 0.790. The Morgan fingerprint density at radius 2 is 2.06 bits per heavy atom. The lowest BCUT2D eigenvalue weighted by molar-refractivity contribution is 0.102. The molecule has 3 N–H and O–H groups in total. The number of hydrogen-bond donors (Lipinski definition) is 2. The van der Waals surface area contributed by atoms with E-state index in [2.05, 4.69) is 9.73 Å². The monoisotopic (exact) mass is 248 g/mol. The van der Waals surface area contributed by atoms with Crippen LogP contribution in [0.25, 0.3) is 0 Å². The molecular formula is C12H9FN2O3. The van der Waals surface area contributed by atoms with Crippen molar-refractivity contribution >= 4 is 17.3 Å². The van der Waals surface area contributed by atoms with Crippen molar-refractivity contribution in [1.29, 1.82) is 0 Å². The molecule has 18 heavy (non-hydrogen) atoms. The smallest absolute Gasteiger partial charge is 0.335 e. The standard InChI is InChI=1S/C12H9FN2O3/c13-9-3-2-8(5-10(9)14)15-12(17)7-1-4-11(16)18-6-7/h1-6H,14H2,(H,15,17). The number of nitrogens with two attached hydrogens (primary N) is 1.